The third kappa shape index (κ3) is 2.58. The van der Waals surface area contributed by atoms with Gasteiger partial charge >= 0.3 is 0 Å². The van der Waals surface area contributed by atoms with Crippen LogP contribution in [-0.4, -0.2) is 23.5 Å². The van der Waals surface area contributed by atoms with Crippen molar-refractivity contribution in [3.05, 3.63) is 23.9 Å². The van der Waals surface area contributed by atoms with E-state index >= 15 is 0 Å². The Morgan fingerprint density at radius 3 is 3.00 bits per heavy atom. The maximum atomic E-state index is 11.8. The second-order valence-electron chi connectivity index (χ2n) is 4.51. The first-order chi connectivity index (χ1) is 7.65. The number of carbonyl (C=O) groups is 1. The number of carbonyl (C=O) groups excluding carboxylic acids is 1. The van der Waals surface area contributed by atoms with Crippen LogP contribution in [0.15, 0.2) is 18.3 Å². The van der Waals surface area contributed by atoms with Crippen LogP contribution in [0.3, 0.4) is 0 Å². The highest BCUT2D eigenvalue weighted by molar-refractivity contribution is 5.94. The SMILES string of the molecule is Cc1ccc(NC(=O)[C@@H]2C[C@@H](C)CN2)nc1.[HH]. The van der Waals surface area contributed by atoms with Gasteiger partial charge in [0.05, 0.1) is 6.04 Å². The zero-order chi connectivity index (χ0) is 11.5. The molecule has 1 aliphatic rings. The van der Waals surface area contributed by atoms with E-state index in [1.165, 1.54) is 0 Å². The number of hydrogen-bond donors (Lipinski definition) is 2. The zero-order valence-electron chi connectivity index (χ0n) is 9.66. The standard InChI is InChI=1S/C12H17N3O.H2/c1-8-3-4-11(14-6-8)15-12(16)10-5-9(2)7-13-10;/h3-4,6,9-10,13H,5,7H2,1-2H3,(H,14,15,16);1H/t9-,10+;/m1./s1. The molecular weight excluding hydrogens is 202 g/mol. The van der Waals surface area contributed by atoms with Gasteiger partial charge < -0.3 is 10.6 Å². The number of nitrogens with zero attached hydrogens (tertiary/aromatic N) is 1. The quantitative estimate of drug-likeness (QED) is 0.797. The molecular formula is C12H19N3O. The molecule has 0 aromatic carbocycles. The van der Waals surface area contributed by atoms with Crippen LogP contribution < -0.4 is 10.6 Å². The Bertz CT molecular complexity index is 380. The molecule has 2 rings (SSSR count). The third-order valence-electron chi connectivity index (χ3n) is 2.83. The smallest absolute Gasteiger partial charge is 0.242 e. The molecule has 0 saturated carbocycles. The first-order valence-electron chi connectivity index (χ1n) is 5.62. The summed E-state index contributed by atoms with van der Waals surface area (Å²) in [5, 5.41) is 6.02. The minimum Gasteiger partial charge on any atom is -0.309 e. The van der Waals surface area contributed by atoms with E-state index < -0.39 is 0 Å². The van der Waals surface area contributed by atoms with Crippen LogP contribution in [0.4, 0.5) is 5.82 Å². The molecule has 1 aliphatic heterocycles. The molecule has 2 N–H and O–H groups in total. The lowest BCUT2D eigenvalue weighted by Crippen LogP contribution is -2.35. The molecule has 0 bridgehead atoms. The highest BCUT2D eigenvalue weighted by Crippen LogP contribution is 2.14. The van der Waals surface area contributed by atoms with Crippen LogP contribution in [0.1, 0.15) is 20.3 Å². The summed E-state index contributed by atoms with van der Waals surface area (Å²) in [6, 6.07) is 3.69. The van der Waals surface area contributed by atoms with Gasteiger partial charge in [-0.25, -0.2) is 4.98 Å². The van der Waals surface area contributed by atoms with Gasteiger partial charge in [-0.1, -0.05) is 13.0 Å². The zero-order valence-corrected chi connectivity index (χ0v) is 9.66. The Morgan fingerprint density at radius 2 is 2.44 bits per heavy atom. The molecule has 1 saturated heterocycles. The van der Waals surface area contributed by atoms with Gasteiger partial charge in [-0.05, 0) is 37.4 Å². The summed E-state index contributed by atoms with van der Waals surface area (Å²) in [7, 11) is 0. The molecule has 88 valence electrons. The van der Waals surface area contributed by atoms with Gasteiger partial charge in [0.25, 0.3) is 0 Å². The lowest BCUT2D eigenvalue weighted by atomic mass is 10.1. The van der Waals surface area contributed by atoms with Crippen molar-refractivity contribution in [3.63, 3.8) is 0 Å². The molecule has 2 heterocycles. The number of rotatable bonds is 2. The summed E-state index contributed by atoms with van der Waals surface area (Å²) < 4.78 is 0. The predicted octanol–water partition coefficient (Wildman–Crippen LogP) is 1.57. The van der Waals surface area contributed by atoms with Crippen LogP contribution in [0.2, 0.25) is 0 Å². The first-order valence-corrected chi connectivity index (χ1v) is 5.62. The average molecular weight is 221 g/mol. The van der Waals surface area contributed by atoms with Gasteiger partial charge in [0.1, 0.15) is 5.82 Å². The topological polar surface area (TPSA) is 54.0 Å². The van der Waals surface area contributed by atoms with Crippen molar-refractivity contribution in [1.82, 2.24) is 10.3 Å². The Kier molecular flexibility index (Phi) is 3.19. The van der Waals surface area contributed by atoms with Crippen molar-refractivity contribution in [1.29, 1.82) is 0 Å². The second kappa shape index (κ2) is 4.61. The lowest BCUT2D eigenvalue weighted by Gasteiger charge is -2.10. The summed E-state index contributed by atoms with van der Waals surface area (Å²) in [5.41, 5.74) is 1.09. The van der Waals surface area contributed by atoms with Gasteiger partial charge in [0, 0.05) is 7.62 Å². The number of hydrogen-bond acceptors (Lipinski definition) is 3. The van der Waals surface area contributed by atoms with E-state index in [0.717, 1.165) is 18.5 Å². The van der Waals surface area contributed by atoms with Crippen LogP contribution in [0, 0.1) is 12.8 Å². The van der Waals surface area contributed by atoms with E-state index in [2.05, 4.69) is 22.5 Å². The molecule has 4 nitrogen and oxygen atoms in total. The van der Waals surface area contributed by atoms with Crippen molar-refractivity contribution in [2.24, 2.45) is 5.92 Å². The number of aromatic nitrogens is 1. The summed E-state index contributed by atoms with van der Waals surface area (Å²) in [4.78, 5) is 16.0. The molecule has 0 unspecified atom stereocenters. The number of nitrogens with one attached hydrogen (secondary N) is 2. The van der Waals surface area contributed by atoms with Gasteiger partial charge in [-0.2, -0.15) is 0 Å². The predicted molar refractivity (Wildman–Crippen MR) is 65.3 cm³/mol. The number of aryl methyl sites for hydroxylation is 1. The fourth-order valence-corrected chi connectivity index (χ4v) is 1.87. The van der Waals surface area contributed by atoms with E-state index in [9.17, 15) is 4.79 Å². The molecule has 0 radical (unpaired) electrons. The van der Waals surface area contributed by atoms with Crippen LogP contribution in [0.5, 0.6) is 0 Å². The second-order valence-corrected chi connectivity index (χ2v) is 4.51. The number of anilines is 1. The van der Waals surface area contributed by atoms with Gasteiger partial charge in [-0.3, -0.25) is 4.79 Å². The van der Waals surface area contributed by atoms with Crippen molar-refractivity contribution in [2.75, 3.05) is 11.9 Å². The number of pyridine rings is 1. The third-order valence-corrected chi connectivity index (χ3v) is 2.83. The van der Waals surface area contributed by atoms with E-state index in [1.54, 1.807) is 6.20 Å². The highest BCUT2D eigenvalue weighted by atomic mass is 16.2. The van der Waals surface area contributed by atoms with Crippen LogP contribution >= 0.6 is 0 Å². The Morgan fingerprint density at radius 1 is 1.62 bits per heavy atom. The molecule has 4 heteroatoms. The fraction of sp³-hybridized carbons (Fsp3) is 0.500. The summed E-state index contributed by atoms with van der Waals surface area (Å²) in [6.45, 7) is 5.03. The lowest BCUT2D eigenvalue weighted by molar-refractivity contribution is -0.117. The Labute approximate surface area is 96.9 Å². The Balaban J connectivity index is 0.00000144. The van der Waals surface area contributed by atoms with Crippen molar-refractivity contribution < 1.29 is 6.22 Å². The fourth-order valence-electron chi connectivity index (χ4n) is 1.87. The molecule has 1 aromatic heterocycles. The summed E-state index contributed by atoms with van der Waals surface area (Å²) in [6.07, 6.45) is 2.65. The van der Waals surface area contributed by atoms with Crippen LogP contribution in [0.25, 0.3) is 0 Å². The molecule has 2 atom stereocenters. The summed E-state index contributed by atoms with van der Waals surface area (Å²) >= 11 is 0. The molecule has 16 heavy (non-hydrogen) atoms. The van der Waals surface area contributed by atoms with Gasteiger partial charge in [0.2, 0.25) is 5.91 Å². The Hall–Kier alpha value is -1.42. The molecule has 1 amide bonds. The molecule has 1 fully saturated rings. The van der Waals surface area contributed by atoms with Gasteiger partial charge in [0.15, 0.2) is 0 Å². The van der Waals surface area contributed by atoms with Crippen molar-refractivity contribution >= 4 is 11.7 Å². The minimum absolute atomic E-state index is 0. The minimum atomic E-state index is -0.0712. The maximum absolute atomic E-state index is 11.8. The highest BCUT2D eigenvalue weighted by Gasteiger charge is 2.26. The first kappa shape index (κ1) is 11.1. The monoisotopic (exact) mass is 221 g/mol. The normalized spacial score (nSPS) is 24.4. The van der Waals surface area contributed by atoms with E-state index in [-0.39, 0.29) is 13.4 Å². The van der Waals surface area contributed by atoms with E-state index in [4.69, 9.17) is 0 Å². The van der Waals surface area contributed by atoms with E-state index in [0.29, 0.717) is 11.7 Å². The van der Waals surface area contributed by atoms with Crippen LogP contribution in [-0.2, 0) is 4.79 Å². The molecule has 0 spiro atoms. The average Bonchev–Trinajstić information content (AvgIpc) is 2.68. The van der Waals surface area contributed by atoms with Gasteiger partial charge in [-0.15, -0.1) is 0 Å². The van der Waals surface area contributed by atoms with E-state index in [1.807, 2.05) is 19.1 Å². The number of amides is 1. The van der Waals surface area contributed by atoms with Crippen molar-refractivity contribution in [3.8, 4) is 0 Å². The largest absolute Gasteiger partial charge is 0.309 e. The molecule has 0 aliphatic carbocycles. The molecule has 1 aromatic rings. The summed E-state index contributed by atoms with van der Waals surface area (Å²) in [5.74, 6) is 1.21. The maximum Gasteiger partial charge on any atom is 0.242 e. The van der Waals surface area contributed by atoms with Crippen molar-refractivity contribution in [2.45, 2.75) is 26.3 Å².